The highest BCUT2D eigenvalue weighted by molar-refractivity contribution is 6.38. The van der Waals surface area contributed by atoms with Crippen LogP contribution in [0.3, 0.4) is 0 Å². The Bertz CT molecular complexity index is 4540. The summed E-state index contributed by atoms with van der Waals surface area (Å²) in [5.74, 6) is 7.86. The van der Waals surface area contributed by atoms with Gasteiger partial charge in [-0.25, -0.2) is 4.79 Å². The average Bonchev–Trinajstić information content (AvgIpc) is 0.820. The summed E-state index contributed by atoms with van der Waals surface area (Å²) >= 11 is 0. The molecule has 11 nitrogen and oxygen atoms in total. The second kappa shape index (κ2) is 48.9. The Balaban J connectivity index is 0.000000147. The minimum Gasteiger partial charge on any atom is -0.493 e. The fraction of sp³-hybridized carbons (Fsp3) is 0.504. The number of halogens is 2. The SMILES string of the molecule is CC1CCC(C)[SiH2]C1.CC1CCC(C)[SiH2]C1.Cc1ccc2c(c1)C(=O)OC(C)C2.Cc1ccc2c(c1)CCC(C)O2.Cc1ccc2c(c1)CCC(C)O2.Cc1ccc2c(c1)COC(C)C2.Cc1ccc2c(c1)COC(C)C2.Cc1ccc2c(c1)OC(=O)C(C)C2.Cc1ccc2c(c1)OC(F)(F)C(C)C2.Cc1ccc2c(c1)OCC(C)C2.Cc1ccc2c(c1)OCC(C)C2. The Morgan fingerprint density at radius 1 is 0.312 bits per heavy atom. The molecule has 0 N–H and O–H groups in total. The lowest BCUT2D eigenvalue weighted by molar-refractivity contribution is -0.219. The number of alkyl halides is 2. The fourth-order valence-electron chi connectivity index (χ4n) is 17.6. The van der Waals surface area contributed by atoms with E-state index in [0.717, 1.165) is 181 Å². The van der Waals surface area contributed by atoms with Gasteiger partial charge in [0.1, 0.15) is 40.6 Å². The van der Waals surface area contributed by atoms with Crippen molar-refractivity contribution in [1.29, 1.82) is 0 Å². The van der Waals surface area contributed by atoms with Crippen LogP contribution < -0.4 is 28.4 Å². The highest BCUT2D eigenvalue weighted by Crippen LogP contribution is 2.41. The van der Waals surface area contributed by atoms with E-state index in [9.17, 15) is 18.4 Å². The molecule has 0 bridgehead atoms. The van der Waals surface area contributed by atoms with Crippen LogP contribution in [0.2, 0.25) is 23.2 Å². The molecule has 2 fully saturated rings. The lowest BCUT2D eigenvalue weighted by Gasteiger charge is -2.30. The molecule has 128 heavy (non-hydrogen) atoms. The van der Waals surface area contributed by atoms with Crippen LogP contribution >= 0.6 is 0 Å². The van der Waals surface area contributed by atoms with E-state index in [1.54, 1.807) is 18.2 Å². The van der Waals surface area contributed by atoms with Crippen molar-refractivity contribution in [1.82, 2.24) is 0 Å². The highest BCUT2D eigenvalue weighted by atomic mass is 28.2. The maximum atomic E-state index is 13.2. The molecule has 11 aliphatic rings. The molecule has 0 radical (unpaired) electrons. The van der Waals surface area contributed by atoms with Crippen molar-refractivity contribution in [3.63, 3.8) is 0 Å². The van der Waals surface area contributed by atoms with Crippen molar-refractivity contribution < 1.29 is 61.0 Å². The van der Waals surface area contributed by atoms with E-state index >= 15 is 0 Å². The number of carbonyl (C=O) groups excluding carboxylic acids is 2. The molecule has 13 unspecified atom stereocenters. The largest absolute Gasteiger partial charge is 0.493 e. The first kappa shape index (κ1) is 101. The molecule has 11 aliphatic heterocycles. The lowest BCUT2D eigenvalue weighted by atomic mass is 9.96. The maximum absolute atomic E-state index is 13.2. The molecule has 13 atom stereocenters. The number of aryl methyl sites for hydroxylation is 11. The van der Waals surface area contributed by atoms with Crippen LogP contribution in [-0.2, 0) is 90.0 Å². The third-order valence-corrected chi connectivity index (χ3v) is 31.4. The fourth-order valence-corrected chi connectivity index (χ4v) is 21.5. The van der Waals surface area contributed by atoms with E-state index in [-0.39, 0.29) is 24.0 Å². The second-order valence-corrected chi connectivity index (χ2v) is 44.7. The number of cyclic esters (lactones) is 1. The zero-order valence-electron chi connectivity index (χ0n) is 81.6. The van der Waals surface area contributed by atoms with E-state index < -0.39 is 12.0 Å². The molecule has 0 aliphatic carbocycles. The van der Waals surface area contributed by atoms with Gasteiger partial charge in [0.05, 0.1) is 68.2 Å². The Morgan fingerprint density at radius 3 is 1.09 bits per heavy atom. The number of esters is 2. The first-order valence-corrected chi connectivity index (χ1v) is 51.7. The summed E-state index contributed by atoms with van der Waals surface area (Å²) in [7, 11) is 0.771. The Kier molecular flexibility index (Phi) is 38.7. The topological polar surface area (TPSA) is 117 Å². The summed E-state index contributed by atoms with van der Waals surface area (Å²) in [6.45, 7) is 49.8. The Hall–Kier alpha value is -8.87. The number of carbonyl (C=O) groups is 2. The summed E-state index contributed by atoms with van der Waals surface area (Å²) in [5.41, 5.74) is 28.3. The second-order valence-electron chi connectivity index (χ2n) is 39.6. The maximum Gasteiger partial charge on any atom is 0.400 e. The van der Waals surface area contributed by atoms with Crippen LogP contribution in [0.5, 0.6) is 34.5 Å². The van der Waals surface area contributed by atoms with Crippen LogP contribution in [0.1, 0.15) is 250 Å². The minimum atomic E-state index is -3.03. The van der Waals surface area contributed by atoms with Gasteiger partial charge in [-0.3, -0.25) is 4.79 Å². The van der Waals surface area contributed by atoms with Crippen molar-refractivity contribution in [2.45, 2.75) is 322 Å². The number of fused-ring (bicyclic) bond motifs is 9. The predicted molar refractivity (Wildman–Crippen MR) is 528 cm³/mol. The van der Waals surface area contributed by atoms with Gasteiger partial charge in [-0.1, -0.05) is 253 Å². The molecule has 0 spiro atoms. The van der Waals surface area contributed by atoms with E-state index in [0.29, 0.717) is 67.5 Å². The van der Waals surface area contributed by atoms with Crippen molar-refractivity contribution in [3.8, 4) is 34.5 Å². The third-order valence-electron chi connectivity index (χ3n) is 26.0. The molecule has 20 rings (SSSR count). The summed E-state index contributed by atoms with van der Waals surface area (Å²) in [6.07, 6.45) is 15.7. The van der Waals surface area contributed by atoms with Crippen molar-refractivity contribution in [3.05, 3.63) is 281 Å². The number of rotatable bonds is 0. The standard InChI is InChI=1S/C11H12F2O.2C11H12O2.6C11H14O.2C7H16Si/c1-7-3-4-9-6-8(2)11(12,13)14-10(9)5-7;1-7-3-4-9-6-8(2)13-11(12)10(9)5-7;1-7-3-4-9-6-8(2)11(12)13-10(9)5-7;2*1-8-3-6-11-10(7-8)5-4-9(2)12-11;2*1-8-3-4-10-5-9(2)7-12-11(10)6-8;2*1-8-3-4-10-6-9(2)12-7-11(10)5-8;2*1-6-3-4-7(2)8-5-6/h3-5,8H,6H2,1-2H3;2*3-5,8H,6H2,1-2H3;2*3,6-7,9H,4-5H2,1-2H3;2*3-4,6,9H,5,7H2,1-2H3;2*3-5,9H,6-7H2,1-2H3;2*6-7H,3-5,8H2,1-2H3. The summed E-state index contributed by atoms with van der Waals surface area (Å²) in [5, 5.41) is 0. The molecule has 2 saturated heterocycles. The Labute approximate surface area is 772 Å². The van der Waals surface area contributed by atoms with Gasteiger partial charge in [0.25, 0.3) is 0 Å². The minimum absolute atomic E-state index is 0.00444. The molecule has 15 heteroatoms. The van der Waals surface area contributed by atoms with E-state index in [2.05, 4.69) is 225 Å². The first-order chi connectivity index (χ1) is 60.9. The zero-order chi connectivity index (χ0) is 92.5. The first-order valence-electron chi connectivity index (χ1n) is 48.1. The molecule has 692 valence electrons. The van der Waals surface area contributed by atoms with Crippen LogP contribution in [0.15, 0.2) is 164 Å². The van der Waals surface area contributed by atoms with E-state index in [1.165, 1.54) is 110 Å². The molecule has 11 heterocycles. The van der Waals surface area contributed by atoms with Gasteiger partial charge in [0.15, 0.2) is 0 Å². The van der Waals surface area contributed by atoms with Crippen LogP contribution in [-0.4, -0.2) is 80.8 Å². The van der Waals surface area contributed by atoms with E-state index in [1.807, 2.05) is 83.1 Å². The molecule has 9 aromatic rings. The number of hydrogen-bond acceptors (Lipinski definition) is 11. The van der Waals surface area contributed by atoms with Crippen LogP contribution in [0, 0.1) is 97.8 Å². The monoisotopic (exact) mass is 1780 g/mol. The molecular weight excluding hydrogens is 1630 g/mol. The molecule has 0 aromatic heterocycles. The number of benzene rings is 9. The van der Waals surface area contributed by atoms with Gasteiger partial charge in [0, 0.05) is 25.5 Å². The molecule has 9 aromatic carbocycles. The smallest absolute Gasteiger partial charge is 0.400 e. The lowest BCUT2D eigenvalue weighted by Crippen LogP contribution is -2.37. The summed E-state index contributed by atoms with van der Waals surface area (Å²) in [6, 6.07) is 59.6. The molecule has 0 amide bonds. The van der Waals surface area contributed by atoms with Gasteiger partial charge in [-0.05, 0) is 311 Å². The number of ether oxygens (including phenoxy) is 9. The molecular formula is C113H152F2O11Si2. The quantitative estimate of drug-likeness (QED) is 0.0820. The van der Waals surface area contributed by atoms with Gasteiger partial charge in [0.2, 0.25) is 0 Å². The van der Waals surface area contributed by atoms with Crippen LogP contribution in [0.4, 0.5) is 8.78 Å². The highest BCUT2D eigenvalue weighted by Gasteiger charge is 2.43. The molecule has 0 saturated carbocycles. The normalized spacial score (nSPS) is 24.3. The third kappa shape index (κ3) is 32.3. The summed E-state index contributed by atoms with van der Waals surface area (Å²) in [4.78, 5) is 22.7. The van der Waals surface area contributed by atoms with Crippen molar-refractivity contribution in [2.24, 2.45) is 35.5 Å². The summed E-state index contributed by atoms with van der Waals surface area (Å²) < 4.78 is 75.1. The van der Waals surface area contributed by atoms with Gasteiger partial charge in [-0.15, -0.1) is 0 Å². The zero-order valence-corrected chi connectivity index (χ0v) is 84.4. The van der Waals surface area contributed by atoms with Crippen molar-refractivity contribution >= 4 is 31.0 Å². The number of hydrogen-bond donors (Lipinski definition) is 0. The van der Waals surface area contributed by atoms with Gasteiger partial charge in [-0.2, -0.15) is 8.78 Å². The van der Waals surface area contributed by atoms with Gasteiger partial charge >= 0.3 is 18.0 Å². The van der Waals surface area contributed by atoms with E-state index in [4.69, 9.17) is 37.9 Å². The average molecular weight is 1780 g/mol. The Morgan fingerprint density at radius 2 is 0.672 bits per heavy atom. The van der Waals surface area contributed by atoms with Gasteiger partial charge < -0.3 is 42.6 Å². The predicted octanol–water partition coefficient (Wildman–Crippen LogP) is 26.4. The van der Waals surface area contributed by atoms with Crippen LogP contribution in [0.25, 0.3) is 0 Å². The van der Waals surface area contributed by atoms with Crippen molar-refractivity contribution in [2.75, 3.05) is 13.2 Å².